The van der Waals surface area contributed by atoms with Gasteiger partial charge in [-0.05, 0) is 47.0 Å². The van der Waals surface area contributed by atoms with Crippen molar-refractivity contribution in [3.63, 3.8) is 0 Å². The Hall–Kier alpha value is -0.500. The number of halogens is 2. The minimum Gasteiger partial charge on any atom is -0.324 e. The molecule has 0 unspecified atom stereocenters. The first-order chi connectivity index (χ1) is 9.32. The number of benzene rings is 1. The second-order valence-electron chi connectivity index (χ2n) is 5.32. The fraction of sp³-hybridized carbons (Fsp3) is 0.538. The Bertz CT molecular complexity index is 586. The quantitative estimate of drug-likeness (QED) is 0.861. The zero-order valence-corrected chi connectivity index (χ0v) is 13.4. The second kappa shape index (κ2) is 6.09. The van der Waals surface area contributed by atoms with Crippen LogP contribution in [0.25, 0.3) is 0 Å². The zero-order chi connectivity index (χ0) is 14.8. The Balaban J connectivity index is 2.09. The molecule has 1 fully saturated rings. The van der Waals surface area contributed by atoms with Gasteiger partial charge in [0.25, 0.3) is 0 Å². The smallest absolute Gasteiger partial charge is 0.240 e. The SMILES string of the molecule is NC1(CNS(=O)(=O)c2ccc(Br)c(F)c2)CCCCC1. The molecular formula is C13H18BrFN2O2S. The summed E-state index contributed by atoms with van der Waals surface area (Å²) in [6, 6.07) is 3.73. The lowest BCUT2D eigenvalue weighted by Crippen LogP contribution is -2.51. The number of rotatable bonds is 4. The molecule has 1 aromatic carbocycles. The molecule has 0 radical (unpaired) electrons. The molecule has 0 amide bonds. The van der Waals surface area contributed by atoms with Crippen molar-refractivity contribution in [1.29, 1.82) is 0 Å². The van der Waals surface area contributed by atoms with Crippen molar-refractivity contribution in [1.82, 2.24) is 4.72 Å². The molecule has 7 heteroatoms. The molecule has 1 aliphatic carbocycles. The standard InChI is InChI=1S/C13H18BrFN2O2S/c14-11-5-4-10(8-12(11)15)20(18,19)17-9-13(16)6-2-1-3-7-13/h4-5,8,17H,1-3,6-7,9,16H2. The number of sulfonamides is 1. The van der Waals surface area contributed by atoms with E-state index in [0.29, 0.717) is 0 Å². The van der Waals surface area contributed by atoms with Gasteiger partial charge in [0.05, 0.1) is 9.37 Å². The maximum atomic E-state index is 13.4. The van der Waals surface area contributed by atoms with Gasteiger partial charge in [-0.25, -0.2) is 17.5 Å². The highest BCUT2D eigenvalue weighted by atomic mass is 79.9. The highest BCUT2D eigenvalue weighted by molar-refractivity contribution is 9.10. The third-order valence-corrected chi connectivity index (χ3v) is 5.71. The average Bonchev–Trinajstić information content (AvgIpc) is 2.41. The summed E-state index contributed by atoms with van der Waals surface area (Å²) in [5.41, 5.74) is 5.70. The van der Waals surface area contributed by atoms with Crippen LogP contribution in [-0.4, -0.2) is 20.5 Å². The summed E-state index contributed by atoms with van der Waals surface area (Å²) in [5.74, 6) is -0.604. The molecule has 2 rings (SSSR count). The molecule has 20 heavy (non-hydrogen) atoms. The van der Waals surface area contributed by atoms with Crippen molar-refractivity contribution >= 4 is 26.0 Å². The van der Waals surface area contributed by atoms with E-state index in [1.807, 2.05) is 0 Å². The first kappa shape index (κ1) is 15.9. The highest BCUT2D eigenvalue weighted by Crippen LogP contribution is 2.26. The van der Waals surface area contributed by atoms with Crippen LogP contribution in [0.3, 0.4) is 0 Å². The molecule has 0 spiro atoms. The maximum absolute atomic E-state index is 13.4. The van der Waals surface area contributed by atoms with E-state index in [2.05, 4.69) is 20.7 Å². The number of hydrogen-bond acceptors (Lipinski definition) is 3. The lowest BCUT2D eigenvalue weighted by Gasteiger charge is -2.33. The van der Waals surface area contributed by atoms with Gasteiger partial charge < -0.3 is 5.73 Å². The van der Waals surface area contributed by atoms with Gasteiger partial charge in [0.15, 0.2) is 0 Å². The van der Waals surface area contributed by atoms with E-state index in [4.69, 9.17) is 5.73 Å². The lowest BCUT2D eigenvalue weighted by molar-refractivity contribution is 0.296. The highest BCUT2D eigenvalue weighted by Gasteiger charge is 2.29. The first-order valence-electron chi connectivity index (χ1n) is 6.56. The van der Waals surface area contributed by atoms with Crippen LogP contribution in [0.2, 0.25) is 0 Å². The predicted octanol–water partition coefficient (Wildman–Crippen LogP) is 2.53. The third kappa shape index (κ3) is 3.78. The number of hydrogen-bond donors (Lipinski definition) is 2. The molecule has 1 aromatic rings. The van der Waals surface area contributed by atoms with Crippen molar-refractivity contribution in [2.45, 2.75) is 42.5 Å². The molecule has 1 aliphatic rings. The van der Waals surface area contributed by atoms with Crippen molar-refractivity contribution < 1.29 is 12.8 Å². The summed E-state index contributed by atoms with van der Waals surface area (Å²) in [6.45, 7) is 0.188. The Morgan fingerprint density at radius 3 is 2.55 bits per heavy atom. The van der Waals surface area contributed by atoms with E-state index in [1.54, 1.807) is 0 Å². The van der Waals surface area contributed by atoms with Crippen molar-refractivity contribution in [2.75, 3.05) is 6.54 Å². The molecule has 0 saturated heterocycles. The van der Waals surface area contributed by atoms with Crippen LogP contribution in [0.4, 0.5) is 4.39 Å². The Morgan fingerprint density at radius 1 is 1.30 bits per heavy atom. The first-order valence-corrected chi connectivity index (χ1v) is 8.84. The second-order valence-corrected chi connectivity index (χ2v) is 7.94. The van der Waals surface area contributed by atoms with E-state index in [9.17, 15) is 12.8 Å². The fourth-order valence-electron chi connectivity index (χ4n) is 2.40. The molecular weight excluding hydrogens is 347 g/mol. The van der Waals surface area contributed by atoms with E-state index < -0.39 is 21.4 Å². The largest absolute Gasteiger partial charge is 0.324 e. The van der Waals surface area contributed by atoms with E-state index in [0.717, 1.165) is 38.2 Å². The summed E-state index contributed by atoms with van der Waals surface area (Å²) in [6.07, 6.45) is 4.80. The summed E-state index contributed by atoms with van der Waals surface area (Å²) < 4.78 is 40.4. The summed E-state index contributed by atoms with van der Waals surface area (Å²) in [4.78, 5) is -0.0855. The Labute approximate surface area is 127 Å². The molecule has 0 atom stereocenters. The molecule has 0 heterocycles. The van der Waals surface area contributed by atoms with Crippen LogP contribution in [0.15, 0.2) is 27.6 Å². The number of nitrogens with two attached hydrogens (primary N) is 1. The van der Waals surface area contributed by atoms with Gasteiger partial charge in [0, 0.05) is 12.1 Å². The fourth-order valence-corrected chi connectivity index (χ4v) is 3.80. The van der Waals surface area contributed by atoms with E-state index in [1.165, 1.54) is 12.1 Å². The average molecular weight is 365 g/mol. The lowest BCUT2D eigenvalue weighted by atomic mass is 9.83. The molecule has 1 saturated carbocycles. The Morgan fingerprint density at radius 2 is 1.95 bits per heavy atom. The van der Waals surface area contributed by atoms with Crippen LogP contribution in [0.1, 0.15) is 32.1 Å². The normalized spacial score (nSPS) is 18.9. The summed E-state index contributed by atoms with van der Waals surface area (Å²) >= 11 is 3.00. The van der Waals surface area contributed by atoms with Gasteiger partial charge in [-0.1, -0.05) is 19.3 Å². The molecule has 4 nitrogen and oxygen atoms in total. The molecule has 0 aromatic heterocycles. The van der Waals surface area contributed by atoms with Gasteiger partial charge in [-0.15, -0.1) is 0 Å². The molecule has 0 bridgehead atoms. The predicted molar refractivity (Wildman–Crippen MR) is 79.3 cm³/mol. The van der Waals surface area contributed by atoms with E-state index in [-0.39, 0.29) is 15.9 Å². The molecule has 3 N–H and O–H groups in total. The van der Waals surface area contributed by atoms with Gasteiger partial charge in [-0.2, -0.15) is 0 Å². The monoisotopic (exact) mass is 364 g/mol. The van der Waals surface area contributed by atoms with Gasteiger partial charge in [-0.3, -0.25) is 0 Å². The summed E-state index contributed by atoms with van der Waals surface area (Å²) in [7, 11) is -3.73. The van der Waals surface area contributed by atoms with Gasteiger partial charge in [0.2, 0.25) is 10.0 Å². The topological polar surface area (TPSA) is 72.2 Å². The number of nitrogens with one attached hydrogen (secondary N) is 1. The van der Waals surface area contributed by atoms with E-state index >= 15 is 0 Å². The van der Waals surface area contributed by atoms with Crippen molar-refractivity contribution in [2.24, 2.45) is 5.73 Å². The van der Waals surface area contributed by atoms with Crippen molar-refractivity contribution in [3.05, 3.63) is 28.5 Å². The van der Waals surface area contributed by atoms with Gasteiger partial charge in [0.1, 0.15) is 5.82 Å². The maximum Gasteiger partial charge on any atom is 0.240 e. The molecule has 0 aliphatic heterocycles. The minimum atomic E-state index is -3.73. The van der Waals surface area contributed by atoms with Crippen molar-refractivity contribution in [3.8, 4) is 0 Å². The summed E-state index contributed by atoms with van der Waals surface area (Å²) in [5, 5.41) is 0. The van der Waals surface area contributed by atoms with Crippen LogP contribution in [-0.2, 0) is 10.0 Å². The Kier molecular flexibility index (Phi) is 4.84. The third-order valence-electron chi connectivity index (χ3n) is 3.66. The van der Waals surface area contributed by atoms with Gasteiger partial charge >= 0.3 is 0 Å². The van der Waals surface area contributed by atoms with Crippen LogP contribution in [0.5, 0.6) is 0 Å². The minimum absolute atomic E-state index is 0.0855. The van der Waals surface area contributed by atoms with Crippen LogP contribution < -0.4 is 10.5 Å². The van der Waals surface area contributed by atoms with Crippen LogP contribution in [0, 0.1) is 5.82 Å². The molecule has 112 valence electrons. The zero-order valence-electron chi connectivity index (χ0n) is 11.0. The van der Waals surface area contributed by atoms with Crippen LogP contribution >= 0.6 is 15.9 Å².